The topological polar surface area (TPSA) is 87.4 Å². The number of hydrogen-bond donors (Lipinski definition) is 1. The van der Waals surface area contributed by atoms with Crippen molar-refractivity contribution in [1.82, 2.24) is 20.2 Å². The molecule has 0 aliphatic carbocycles. The van der Waals surface area contributed by atoms with Crippen LogP contribution in [0.1, 0.15) is 10.6 Å². The Kier molecular flexibility index (Phi) is 4.95. The van der Waals surface area contributed by atoms with Crippen molar-refractivity contribution in [2.24, 2.45) is 0 Å². The van der Waals surface area contributed by atoms with E-state index in [0.717, 1.165) is 22.4 Å². The zero-order valence-corrected chi connectivity index (χ0v) is 13.7. The highest BCUT2D eigenvalue weighted by Crippen LogP contribution is 2.31. The molecule has 3 aromatic heterocycles. The number of hydrogen-bond acceptors (Lipinski definition) is 9. The van der Waals surface area contributed by atoms with Crippen molar-refractivity contribution >= 4 is 39.6 Å². The standard InChI is InChI=1S/C13H10N6S3/c14-8-10-11(16-6-5-15-10)21-13-19-18-12(22-13)17-4-3-9-2-1-7-20-9/h1-2,5-7H,3-4H2,(H,17,18). The molecular formula is C13H10N6S3. The summed E-state index contributed by atoms with van der Waals surface area (Å²) in [6.07, 6.45) is 4.02. The van der Waals surface area contributed by atoms with E-state index >= 15 is 0 Å². The maximum atomic E-state index is 9.00. The molecular weight excluding hydrogens is 336 g/mol. The smallest absolute Gasteiger partial charge is 0.206 e. The monoisotopic (exact) mass is 346 g/mol. The summed E-state index contributed by atoms with van der Waals surface area (Å²) in [5, 5.41) is 23.8. The molecule has 0 atom stereocenters. The van der Waals surface area contributed by atoms with Gasteiger partial charge in [0.2, 0.25) is 5.13 Å². The van der Waals surface area contributed by atoms with Gasteiger partial charge in [-0.25, -0.2) is 9.97 Å². The molecule has 3 heterocycles. The molecule has 0 aliphatic heterocycles. The average molecular weight is 346 g/mol. The normalized spacial score (nSPS) is 10.3. The first-order chi connectivity index (χ1) is 10.8. The van der Waals surface area contributed by atoms with Gasteiger partial charge in [-0.15, -0.1) is 21.5 Å². The minimum Gasteiger partial charge on any atom is -0.360 e. The van der Waals surface area contributed by atoms with E-state index in [1.54, 1.807) is 17.5 Å². The molecule has 1 N–H and O–H groups in total. The van der Waals surface area contributed by atoms with Gasteiger partial charge in [0.15, 0.2) is 10.0 Å². The van der Waals surface area contributed by atoms with Crippen molar-refractivity contribution in [2.45, 2.75) is 15.8 Å². The van der Waals surface area contributed by atoms with Crippen LogP contribution in [0.15, 0.2) is 39.3 Å². The van der Waals surface area contributed by atoms with E-state index in [9.17, 15) is 0 Å². The molecule has 0 fully saturated rings. The van der Waals surface area contributed by atoms with Crippen molar-refractivity contribution in [2.75, 3.05) is 11.9 Å². The molecule has 3 aromatic rings. The summed E-state index contributed by atoms with van der Waals surface area (Å²) in [7, 11) is 0. The Bertz CT molecular complexity index is 777. The van der Waals surface area contributed by atoms with E-state index in [0.29, 0.717) is 10.7 Å². The molecule has 0 unspecified atom stereocenters. The Hall–Kier alpha value is -2.02. The lowest BCUT2D eigenvalue weighted by Crippen LogP contribution is -2.03. The minimum atomic E-state index is 0.301. The van der Waals surface area contributed by atoms with Crippen LogP contribution < -0.4 is 5.32 Å². The Morgan fingerprint density at radius 3 is 3.00 bits per heavy atom. The molecule has 0 saturated carbocycles. The molecule has 22 heavy (non-hydrogen) atoms. The zero-order valence-electron chi connectivity index (χ0n) is 11.3. The molecule has 0 aliphatic rings. The van der Waals surface area contributed by atoms with Gasteiger partial charge in [-0.2, -0.15) is 5.26 Å². The first-order valence-electron chi connectivity index (χ1n) is 6.34. The molecule has 0 saturated heterocycles. The van der Waals surface area contributed by atoms with Crippen molar-refractivity contribution in [3.63, 3.8) is 0 Å². The summed E-state index contributed by atoms with van der Waals surface area (Å²) in [6.45, 7) is 0.814. The molecule has 3 rings (SSSR count). The van der Waals surface area contributed by atoms with Crippen LogP contribution in [0.5, 0.6) is 0 Å². The van der Waals surface area contributed by atoms with Crippen LogP contribution in [0, 0.1) is 11.3 Å². The van der Waals surface area contributed by atoms with Crippen LogP contribution in [-0.2, 0) is 6.42 Å². The minimum absolute atomic E-state index is 0.301. The maximum absolute atomic E-state index is 9.00. The van der Waals surface area contributed by atoms with Gasteiger partial charge in [0.1, 0.15) is 11.1 Å². The van der Waals surface area contributed by atoms with Crippen LogP contribution in [-0.4, -0.2) is 26.7 Å². The van der Waals surface area contributed by atoms with Crippen LogP contribution in [0.2, 0.25) is 0 Å². The predicted octanol–water partition coefficient (Wildman–Crippen LogP) is 3.07. The fourth-order valence-corrected chi connectivity index (χ4v) is 4.04. The Morgan fingerprint density at radius 2 is 2.18 bits per heavy atom. The summed E-state index contributed by atoms with van der Waals surface area (Å²) in [5.74, 6) is 0. The molecule has 0 spiro atoms. The first-order valence-corrected chi connectivity index (χ1v) is 8.85. The summed E-state index contributed by atoms with van der Waals surface area (Å²) >= 11 is 4.49. The maximum Gasteiger partial charge on any atom is 0.206 e. The van der Waals surface area contributed by atoms with E-state index in [1.807, 2.05) is 12.1 Å². The summed E-state index contributed by atoms with van der Waals surface area (Å²) in [5.41, 5.74) is 0.301. The molecule has 0 amide bonds. The molecule has 110 valence electrons. The van der Waals surface area contributed by atoms with Gasteiger partial charge in [-0.05, 0) is 29.6 Å². The van der Waals surface area contributed by atoms with Crippen molar-refractivity contribution < 1.29 is 0 Å². The number of thiophene rings is 1. The van der Waals surface area contributed by atoms with Crippen LogP contribution in [0.4, 0.5) is 5.13 Å². The Morgan fingerprint density at radius 1 is 1.27 bits per heavy atom. The van der Waals surface area contributed by atoms with Crippen molar-refractivity contribution in [3.8, 4) is 6.07 Å². The summed E-state index contributed by atoms with van der Waals surface area (Å²) < 4.78 is 0.732. The lowest BCUT2D eigenvalue weighted by atomic mass is 10.3. The summed E-state index contributed by atoms with van der Waals surface area (Å²) in [4.78, 5) is 9.46. The SMILES string of the molecule is N#Cc1nccnc1Sc1nnc(NCCc2cccs2)s1. The average Bonchev–Trinajstić information content (AvgIpc) is 3.20. The number of nitrogens with zero attached hydrogens (tertiary/aromatic N) is 5. The second kappa shape index (κ2) is 7.31. The highest BCUT2D eigenvalue weighted by molar-refractivity contribution is 8.01. The van der Waals surface area contributed by atoms with E-state index in [-0.39, 0.29) is 0 Å². The first kappa shape index (κ1) is 14.9. The predicted molar refractivity (Wildman–Crippen MR) is 87.3 cm³/mol. The zero-order chi connectivity index (χ0) is 15.2. The Labute approximate surface area is 139 Å². The molecule has 6 nitrogen and oxygen atoms in total. The third-order valence-electron chi connectivity index (χ3n) is 2.59. The van der Waals surface area contributed by atoms with Crippen LogP contribution >= 0.6 is 34.4 Å². The molecule has 0 aromatic carbocycles. The second-order valence-corrected chi connectivity index (χ2v) is 7.30. The van der Waals surface area contributed by atoms with Gasteiger partial charge in [0.05, 0.1) is 0 Å². The largest absolute Gasteiger partial charge is 0.360 e. The quantitative estimate of drug-likeness (QED) is 0.734. The fourth-order valence-electron chi connectivity index (χ4n) is 1.63. The molecule has 0 bridgehead atoms. The van der Waals surface area contributed by atoms with Gasteiger partial charge in [0.25, 0.3) is 0 Å². The molecule has 0 radical (unpaired) electrons. The van der Waals surface area contributed by atoms with Crippen LogP contribution in [0.3, 0.4) is 0 Å². The Balaban J connectivity index is 1.58. The lowest BCUT2D eigenvalue weighted by molar-refractivity contribution is 0.973. The van der Waals surface area contributed by atoms with Crippen molar-refractivity contribution in [3.05, 3.63) is 40.5 Å². The van der Waals surface area contributed by atoms with Gasteiger partial charge >= 0.3 is 0 Å². The molecule has 9 heteroatoms. The van der Waals surface area contributed by atoms with E-state index in [4.69, 9.17) is 5.26 Å². The number of nitrogens with one attached hydrogen (secondary N) is 1. The summed E-state index contributed by atoms with van der Waals surface area (Å²) in [6, 6.07) is 6.19. The fraction of sp³-hybridized carbons (Fsp3) is 0.154. The number of aromatic nitrogens is 4. The van der Waals surface area contributed by atoms with Gasteiger partial charge in [0, 0.05) is 23.8 Å². The highest BCUT2D eigenvalue weighted by Gasteiger charge is 2.11. The van der Waals surface area contributed by atoms with E-state index in [1.165, 1.54) is 34.2 Å². The van der Waals surface area contributed by atoms with Gasteiger partial charge in [-0.3, -0.25) is 0 Å². The second-order valence-electron chi connectivity index (χ2n) is 4.05. The third kappa shape index (κ3) is 3.79. The highest BCUT2D eigenvalue weighted by atomic mass is 32.2. The number of anilines is 1. The van der Waals surface area contributed by atoms with E-state index in [2.05, 4.69) is 36.9 Å². The van der Waals surface area contributed by atoms with E-state index < -0.39 is 0 Å². The number of rotatable bonds is 6. The van der Waals surface area contributed by atoms with Gasteiger partial charge in [-0.1, -0.05) is 17.4 Å². The van der Waals surface area contributed by atoms with Crippen LogP contribution in [0.25, 0.3) is 0 Å². The van der Waals surface area contributed by atoms with Gasteiger partial charge < -0.3 is 5.32 Å². The van der Waals surface area contributed by atoms with Crippen molar-refractivity contribution in [1.29, 1.82) is 5.26 Å². The third-order valence-corrected chi connectivity index (χ3v) is 5.45. The lowest BCUT2D eigenvalue weighted by Gasteiger charge is -1.99. The number of nitriles is 1.